The van der Waals surface area contributed by atoms with E-state index in [0.717, 1.165) is 11.1 Å². The van der Waals surface area contributed by atoms with E-state index in [1.807, 2.05) is 54.6 Å². The first kappa shape index (κ1) is 20.9. The Morgan fingerprint density at radius 3 is 2.71 bits per heavy atom. The fourth-order valence-electron chi connectivity index (χ4n) is 3.70. The maximum Gasteiger partial charge on any atom is 0.279 e. The highest BCUT2D eigenvalue weighted by Crippen LogP contribution is 2.39. The monoisotopic (exact) mass is 433 g/mol. The lowest BCUT2D eigenvalue weighted by atomic mass is 9.86. The number of para-hydroxylation sites is 1. The second kappa shape index (κ2) is 9.22. The molecule has 1 N–H and O–H groups in total. The summed E-state index contributed by atoms with van der Waals surface area (Å²) in [5.41, 5.74) is 2.00. The number of amides is 1. The number of rotatable bonds is 7. The number of carbonyl (C=O) groups is 1. The van der Waals surface area contributed by atoms with Crippen molar-refractivity contribution in [3.05, 3.63) is 94.3 Å². The van der Waals surface area contributed by atoms with E-state index >= 15 is 0 Å². The Morgan fingerprint density at radius 2 is 1.94 bits per heavy atom. The van der Waals surface area contributed by atoms with Crippen LogP contribution in [0.2, 0.25) is 0 Å². The number of ether oxygens (including phenoxy) is 1. The van der Waals surface area contributed by atoms with Crippen molar-refractivity contribution < 1.29 is 9.53 Å². The van der Waals surface area contributed by atoms with Gasteiger partial charge in [0, 0.05) is 30.7 Å². The van der Waals surface area contributed by atoms with Crippen molar-refractivity contribution in [3.8, 4) is 5.75 Å². The van der Waals surface area contributed by atoms with Crippen molar-refractivity contribution in [2.24, 2.45) is 7.05 Å². The van der Waals surface area contributed by atoms with Crippen LogP contribution in [0.5, 0.6) is 5.75 Å². The Hall–Kier alpha value is -3.32. The second-order valence-corrected chi connectivity index (χ2v) is 8.22. The van der Waals surface area contributed by atoms with Gasteiger partial charge in [-0.05, 0) is 11.6 Å². The van der Waals surface area contributed by atoms with Gasteiger partial charge in [0.05, 0.1) is 5.56 Å². The van der Waals surface area contributed by atoms with E-state index in [-0.39, 0.29) is 17.9 Å². The average molecular weight is 434 g/mol. The molecule has 0 saturated heterocycles. The van der Waals surface area contributed by atoms with Crippen molar-refractivity contribution in [1.82, 2.24) is 9.55 Å². The van der Waals surface area contributed by atoms with Gasteiger partial charge in [0.1, 0.15) is 18.2 Å². The van der Waals surface area contributed by atoms with Crippen molar-refractivity contribution in [2.45, 2.75) is 24.1 Å². The fourth-order valence-corrected chi connectivity index (χ4v) is 4.40. The summed E-state index contributed by atoms with van der Waals surface area (Å²) in [4.78, 5) is 29.9. The Labute approximate surface area is 185 Å². The molecule has 1 aliphatic rings. The Morgan fingerprint density at radius 1 is 1.19 bits per heavy atom. The van der Waals surface area contributed by atoms with Crippen LogP contribution in [0.1, 0.15) is 29.0 Å². The Balaban J connectivity index is 1.74. The summed E-state index contributed by atoms with van der Waals surface area (Å²) in [5, 5.41) is 3.41. The third-order valence-corrected chi connectivity index (χ3v) is 6.19. The van der Waals surface area contributed by atoms with Gasteiger partial charge in [0.15, 0.2) is 5.16 Å². The number of hydrogen-bond acceptors (Lipinski definition) is 5. The highest BCUT2D eigenvalue weighted by molar-refractivity contribution is 7.99. The van der Waals surface area contributed by atoms with E-state index in [9.17, 15) is 9.59 Å². The summed E-state index contributed by atoms with van der Waals surface area (Å²) in [6, 6.07) is 17.4. The highest BCUT2D eigenvalue weighted by atomic mass is 32.2. The third-order valence-electron chi connectivity index (χ3n) is 5.16. The van der Waals surface area contributed by atoms with Gasteiger partial charge < -0.3 is 14.6 Å². The molecule has 0 unspecified atom stereocenters. The summed E-state index contributed by atoms with van der Waals surface area (Å²) in [6.45, 7) is 4.11. The number of carbonyl (C=O) groups excluding carboxylic acids is 1. The minimum absolute atomic E-state index is 0.142. The molecular formula is C24H23N3O3S. The first-order valence-electron chi connectivity index (χ1n) is 9.98. The summed E-state index contributed by atoms with van der Waals surface area (Å²) >= 11 is 1.40. The summed E-state index contributed by atoms with van der Waals surface area (Å²) in [6.07, 6.45) is 1.91. The predicted octanol–water partition coefficient (Wildman–Crippen LogP) is 4.11. The molecular weight excluding hydrogens is 410 g/mol. The van der Waals surface area contributed by atoms with E-state index in [1.165, 1.54) is 11.8 Å². The lowest BCUT2D eigenvalue weighted by Crippen LogP contribution is -2.33. The van der Waals surface area contributed by atoms with Crippen LogP contribution in [0.15, 0.2) is 77.2 Å². The van der Waals surface area contributed by atoms with Crippen LogP contribution in [0.25, 0.3) is 0 Å². The molecule has 3 aromatic rings. The number of nitrogens with zero attached hydrogens (tertiary/aromatic N) is 2. The van der Waals surface area contributed by atoms with E-state index in [0.29, 0.717) is 34.6 Å². The van der Waals surface area contributed by atoms with Gasteiger partial charge in [-0.2, -0.15) is 4.98 Å². The van der Waals surface area contributed by atoms with E-state index < -0.39 is 5.92 Å². The molecule has 0 radical (unpaired) electrons. The quantitative estimate of drug-likeness (QED) is 0.345. The minimum Gasteiger partial charge on any atom is -0.489 e. The molecule has 4 rings (SSSR count). The van der Waals surface area contributed by atoms with Crippen LogP contribution < -0.4 is 15.6 Å². The number of thioether (sulfide) groups is 1. The third kappa shape index (κ3) is 4.41. The van der Waals surface area contributed by atoms with Crippen LogP contribution in [0, 0.1) is 0 Å². The molecule has 1 atom stereocenters. The lowest BCUT2D eigenvalue weighted by molar-refractivity contribution is -0.116. The number of hydrogen-bond donors (Lipinski definition) is 1. The van der Waals surface area contributed by atoms with Gasteiger partial charge in [0.2, 0.25) is 5.91 Å². The maximum absolute atomic E-state index is 13.0. The minimum atomic E-state index is -0.430. The summed E-state index contributed by atoms with van der Waals surface area (Å²) in [5.74, 6) is 1.19. The number of aromatic nitrogens is 2. The second-order valence-electron chi connectivity index (χ2n) is 7.24. The number of fused-ring (bicyclic) bond motifs is 1. The molecule has 6 nitrogen and oxygen atoms in total. The Bertz CT molecular complexity index is 1170. The first-order valence-corrected chi connectivity index (χ1v) is 11.0. The molecule has 0 spiro atoms. The van der Waals surface area contributed by atoms with Gasteiger partial charge in [-0.15, -0.1) is 6.58 Å². The van der Waals surface area contributed by atoms with Gasteiger partial charge in [-0.1, -0.05) is 66.4 Å². The number of benzene rings is 2. The number of nitrogens with one attached hydrogen (secondary N) is 1. The molecule has 2 aromatic carbocycles. The molecule has 0 bridgehead atoms. The average Bonchev–Trinajstić information content (AvgIpc) is 2.79. The summed E-state index contributed by atoms with van der Waals surface area (Å²) in [7, 11) is 1.80. The molecule has 158 valence electrons. The molecule has 1 aliphatic heterocycles. The van der Waals surface area contributed by atoms with Crippen LogP contribution in [0.4, 0.5) is 5.82 Å². The molecule has 1 amide bonds. The van der Waals surface area contributed by atoms with E-state index in [2.05, 4.69) is 16.9 Å². The lowest BCUT2D eigenvalue weighted by Gasteiger charge is -2.28. The molecule has 7 heteroatoms. The normalized spacial score (nSPS) is 15.1. The summed E-state index contributed by atoms with van der Waals surface area (Å²) < 4.78 is 7.86. The smallest absolute Gasteiger partial charge is 0.279 e. The first-order chi connectivity index (χ1) is 15.1. The Kier molecular flexibility index (Phi) is 6.23. The number of anilines is 1. The van der Waals surface area contributed by atoms with Gasteiger partial charge in [-0.25, -0.2) is 0 Å². The van der Waals surface area contributed by atoms with Crippen molar-refractivity contribution in [2.75, 3.05) is 11.1 Å². The van der Waals surface area contributed by atoms with Crippen LogP contribution in [-0.4, -0.2) is 21.2 Å². The molecule has 2 heterocycles. The van der Waals surface area contributed by atoms with Crippen LogP contribution in [-0.2, 0) is 18.4 Å². The zero-order valence-electron chi connectivity index (χ0n) is 17.2. The fraction of sp³-hybridized carbons (Fsp3) is 0.208. The van der Waals surface area contributed by atoms with Crippen molar-refractivity contribution in [3.63, 3.8) is 0 Å². The van der Waals surface area contributed by atoms with Gasteiger partial charge in [0.25, 0.3) is 5.56 Å². The highest BCUT2D eigenvalue weighted by Gasteiger charge is 2.33. The maximum atomic E-state index is 13.0. The SMILES string of the molecule is C=CCSc1nc(=O)c2c(n1C)NC(=O)C[C@@H]2c1ccccc1OCc1ccccc1. The van der Waals surface area contributed by atoms with Crippen molar-refractivity contribution >= 4 is 23.5 Å². The molecule has 1 aromatic heterocycles. The van der Waals surface area contributed by atoms with Crippen LogP contribution in [0.3, 0.4) is 0 Å². The van der Waals surface area contributed by atoms with Crippen LogP contribution >= 0.6 is 11.8 Å². The van der Waals surface area contributed by atoms with Crippen molar-refractivity contribution in [1.29, 1.82) is 0 Å². The standard InChI is InChI=1S/C24H23N3O3S/c1-3-13-31-24-26-23(29)21-18(14-20(28)25-22(21)27(24)2)17-11-7-8-12-19(17)30-15-16-9-5-4-6-10-16/h3-12,18H,1,13-15H2,2H3,(H,25,28)/t18-/m1/s1. The molecule has 31 heavy (non-hydrogen) atoms. The predicted molar refractivity (Wildman–Crippen MR) is 123 cm³/mol. The molecule has 0 saturated carbocycles. The topological polar surface area (TPSA) is 73.2 Å². The van der Waals surface area contributed by atoms with Gasteiger partial charge >= 0.3 is 0 Å². The zero-order valence-corrected chi connectivity index (χ0v) is 18.0. The van der Waals surface area contributed by atoms with E-state index in [4.69, 9.17) is 4.74 Å². The largest absolute Gasteiger partial charge is 0.489 e. The molecule has 0 fully saturated rings. The zero-order chi connectivity index (χ0) is 21.8. The van der Waals surface area contributed by atoms with Gasteiger partial charge in [-0.3, -0.25) is 9.59 Å². The molecule has 0 aliphatic carbocycles. The van der Waals surface area contributed by atoms with E-state index in [1.54, 1.807) is 17.7 Å².